The molecule has 1 aromatic heterocycles. The Balaban J connectivity index is 2.03. The van der Waals surface area contributed by atoms with Crippen LogP contribution in [-0.2, 0) is 10.4 Å². The fourth-order valence-corrected chi connectivity index (χ4v) is 3.86. The number of rotatable bonds is 3. The van der Waals surface area contributed by atoms with E-state index in [1.165, 1.54) is 0 Å². The van der Waals surface area contributed by atoms with Gasteiger partial charge in [-0.05, 0) is 25.5 Å². The third kappa shape index (κ3) is 1.80. The normalized spacial score (nSPS) is 20.0. The van der Waals surface area contributed by atoms with Gasteiger partial charge in [-0.25, -0.2) is 0 Å². The van der Waals surface area contributed by atoms with E-state index in [-0.39, 0.29) is 5.91 Å². The summed E-state index contributed by atoms with van der Waals surface area (Å²) in [6, 6.07) is 15.3. The molecule has 4 rings (SSSR count). The van der Waals surface area contributed by atoms with Gasteiger partial charge in [0.25, 0.3) is 5.91 Å². The highest BCUT2D eigenvalue weighted by atomic mass is 16.3. The summed E-state index contributed by atoms with van der Waals surface area (Å²) in [7, 11) is 0. The molecule has 122 valence electrons. The summed E-state index contributed by atoms with van der Waals surface area (Å²) in [5.41, 5.74) is 2.23. The molecule has 2 heterocycles. The Morgan fingerprint density at radius 2 is 1.83 bits per heavy atom. The minimum atomic E-state index is -1.64. The lowest BCUT2D eigenvalue weighted by Crippen LogP contribution is -2.41. The van der Waals surface area contributed by atoms with E-state index in [4.69, 9.17) is 0 Å². The smallest absolute Gasteiger partial charge is 0.268 e. The van der Waals surface area contributed by atoms with Gasteiger partial charge in [-0.2, -0.15) is 0 Å². The van der Waals surface area contributed by atoms with Crippen LogP contribution in [0.1, 0.15) is 30.2 Å². The van der Waals surface area contributed by atoms with Crippen molar-refractivity contribution < 1.29 is 9.90 Å². The van der Waals surface area contributed by atoms with E-state index in [9.17, 15) is 9.90 Å². The summed E-state index contributed by atoms with van der Waals surface area (Å²) in [6.45, 7) is 4.54. The molecule has 0 fully saturated rings. The van der Waals surface area contributed by atoms with Gasteiger partial charge < -0.3 is 15.0 Å². The Hall–Kier alpha value is -2.59. The van der Waals surface area contributed by atoms with Crippen LogP contribution in [0.15, 0.2) is 48.5 Å². The highest BCUT2D eigenvalue weighted by molar-refractivity contribution is 6.11. The molecular formula is C20H20N2O2. The number of aliphatic hydroxyl groups is 1. The third-order valence-corrected chi connectivity index (χ3v) is 4.84. The Kier molecular flexibility index (Phi) is 3.25. The van der Waals surface area contributed by atoms with Crippen LogP contribution in [0.4, 0.5) is 5.69 Å². The number of anilines is 1. The Morgan fingerprint density at radius 3 is 2.62 bits per heavy atom. The monoisotopic (exact) mass is 320 g/mol. The number of hydrogen-bond donors (Lipinski definition) is 2. The third-order valence-electron chi connectivity index (χ3n) is 4.84. The largest absolute Gasteiger partial charge is 0.372 e. The molecule has 1 aliphatic rings. The van der Waals surface area contributed by atoms with E-state index in [1.54, 1.807) is 4.90 Å². The lowest BCUT2D eigenvalue weighted by atomic mass is 9.85. The van der Waals surface area contributed by atoms with Crippen LogP contribution in [0.3, 0.4) is 0 Å². The van der Waals surface area contributed by atoms with E-state index in [0.717, 1.165) is 28.7 Å². The van der Waals surface area contributed by atoms with Crippen molar-refractivity contribution in [3.8, 4) is 0 Å². The molecule has 2 aromatic carbocycles. The number of hydrogen-bond acceptors (Lipinski definition) is 2. The lowest BCUT2D eigenvalue weighted by Gasteiger charge is -2.24. The van der Waals surface area contributed by atoms with Gasteiger partial charge in [0.1, 0.15) is 0 Å². The first-order valence-corrected chi connectivity index (χ1v) is 8.30. The molecule has 0 spiro atoms. The zero-order valence-corrected chi connectivity index (χ0v) is 13.8. The molecule has 1 atom stereocenters. The van der Waals surface area contributed by atoms with E-state index in [0.29, 0.717) is 17.7 Å². The van der Waals surface area contributed by atoms with E-state index in [1.807, 2.05) is 62.4 Å². The first-order valence-electron chi connectivity index (χ1n) is 8.30. The van der Waals surface area contributed by atoms with Gasteiger partial charge in [0.15, 0.2) is 5.60 Å². The number of aromatic amines is 1. The quantitative estimate of drug-likeness (QED) is 0.776. The molecule has 3 aromatic rings. The number of benzene rings is 2. The SMILES string of the molecule is CCCN1C(=O)[C@](O)(c2c(C)[nH]c3ccccc23)c2ccccc21. The summed E-state index contributed by atoms with van der Waals surface area (Å²) < 4.78 is 0. The van der Waals surface area contributed by atoms with Gasteiger partial charge in [-0.15, -0.1) is 0 Å². The molecule has 0 saturated heterocycles. The second-order valence-corrected chi connectivity index (χ2v) is 6.35. The number of para-hydroxylation sites is 2. The molecular weight excluding hydrogens is 300 g/mol. The van der Waals surface area contributed by atoms with Crippen molar-refractivity contribution >= 4 is 22.5 Å². The standard InChI is InChI=1S/C20H20N2O2/c1-3-12-22-17-11-7-5-9-15(17)20(24,19(22)23)18-13(2)21-16-10-6-4-8-14(16)18/h4-11,21,24H,3,12H2,1-2H3/t20-/m1/s1. The lowest BCUT2D eigenvalue weighted by molar-refractivity contribution is -0.132. The minimum absolute atomic E-state index is 0.265. The molecule has 0 saturated carbocycles. The predicted octanol–water partition coefficient (Wildman–Crippen LogP) is 3.47. The van der Waals surface area contributed by atoms with Crippen molar-refractivity contribution in [2.75, 3.05) is 11.4 Å². The maximum Gasteiger partial charge on any atom is 0.268 e. The van der Waals surface area contributed by atoms with Gasteiger partial charge in [-0.1, -0.05) is 43.3 Å². The topological polar surface area (TPSA) is 56.3 Å². The second-order valence-electron chi connectivity index (χ2n) is 6.35. The minimum Gasteiger partial charge on any atom is -0.372 e. The number of nitrogens with zero attached hydrogens (tertiary/aromatic N) is 1. The fraction of sp³-hybridized carbons (Fsp3) is 0.250. The van der Waals surface area contributed by atoms with Gasteiger partial charge in [0.2, 0.25) is 0 Å². The van der Waals surface area contributed by atoms with Crippen molar-refractivity contribution in [1.29, 1.82) is 0 Å². The number of H-pyrrole nitrogens is 1. The zero-order chi connectivity index (χ0) is 16.9. The number of aromatic nitrogens is 1. The van der Waals surface area contributed by atoms with Crippen LogP contribution >= 0.6 is 0 Å². The number of aryl methyl sites for hydroxylation is 1. The number of amides is 1. The maximum atomic E-state index is 13.2. The molecule has 24 heavy (non-hydrogen) atoms. The molecule has 1 amide bonds. The van der Waals surface area contributed by atoms with Crippen molar-refractivity contribution in [3.05, 3.63) is 65.4 Å². The zero-order valence-electron chi connectivity index (χ0n) is 13.8. The van der Waals surface area contributed by atoms with Crippen LogP contribution < -0.4 is 4.90 Å². The van der Waals surface area contributed by atoms with E-state index in [2.05, 4.69) is 4.98 Å². The van der Waals surface area contributed by atoms with Crippen molar-refractivity contribution in [1.82, 2.24) is 4.98 Å². The average molecular weight is 320 g/mol. The Labute approximate surface area is 140 Å². The highest BCUT2D eigenvalue weighted by Crippen LogP contribution is 2.47. The molecule has 0 radical (unpaired) electrons. The van der Waals surface area contributed by atoms with Gasteiger partial charge in [0.05, 0.1) is 5.69 Å². The van der Waals surface area contributed by atoms with Gasteiger partial charge >= 0.3 is 0 Å². The summed E-state index contributed by atoms with van der Waals surface area (Å²) in [5.74, 6) is -0.265. The molecule has 0 unspecified atom stereocenters. The molecule has 2 N–H and O–H groups in total. The van der Waals surface area contributed by atoms with Crippen LogP contribution in [-0.4, -0.2) is 22.5 Å². The number of carbonyl (C=O) groups excluding carboxylic acids is 1. The number of nitrogens with one attached hydrogen (secondary N) is 1. The second kappa shape index (κ2) is 5.21. The van der Waals surface area contributed by atoms with Gasteiger partial charge in [-0.3, -0.25) is 4.79 Å². The molecule has 4 heteroatoms. The van der Waals surface area contributed by atoms with Crippen molar-refractivity contribution in [2.45, 2.75) is 25.9 Å². The number of fused-ring (bicyclic) bond motifs is 2. The van der Waals surface area contributed by atoms with Crippen molar-refractivity contribution in [2.24, 2.45) is 0 Å². The molecule has 4 nitrogen and oxygen atoms in total. The summed E-state index contributed by atoms with van der Waals surface area (Å²) >= 11 is 0. The van der Waals surface area contributed by atoms with Gasteiger partial charge in [0, 0.05) is 34.3 Å². The summed E-state index contributed by atoms with van der Waals surface area (Å²) in [4.78, 5) is 18.2. The average Bonchev–Trinajstić information content (AvgIpc) is 3.03. The predicted molar refractivity (Wildman–Crippen MR) is 95.1 cm³/mol. The van der Waals surface area contributed by atoms with E-state index >= 15 is 0 Å². The van der Waals surface area contributed by atoms with E-state index < -0.39 is 5.60 Å². The van der Waals surface area contributed by atoms with Crippen LogP contribution in [0.2, 0.25) is 0 Å². The van der Waals surface area contributed by atoms with Crippen molar-refractivity contribution in [3.63, 3.8) is 0 Å². The Morgan fingerprint density at radius 1 is 1.12 bits per heavy atom. The fourth-order valence-electron chi connectivity index (χ4n) is 3.86. The highest BCUT2D eigenvalue weighted by Gasteiger charge is 2.52. The summed E-state index contributed by atoms with van der Waals surface area (Å²) in [5, 5.41) is 12.5. The summed E-state index contributed by atoms with van der Waals surface area (Å²) in [6.07, 6.45) is 0.836. The maximum absolute atomic E-state index is 13.2. The Bertz CT molecular complexity index is 944. The molecule has 0 aliphatic carbocycles. The number of carbonyl (C=O) groups is 1. The van der Waals surface area contributed by atoms with Crippen LogP contribution in [0.25, 0.3) is 10.9 Å². The first kappa shape index (κ1) is 15.0. The van der Waals surface area contributed by atoms with Crippen LogP contribution in [0, 0.1) is 6.92 Å². The van der Waals surface area contributed by atoms with Crippen LogP contribution in [0.5, 0.6) is 0 Å². The molecule has 0 bridgehead atoms. The first-order chi connectivity index (χ1) is 11.6. The molecule has 1 aliphatic heterocycles.